The van der Waals surface area contributed by atoms with Gasteiger partial charge in [0, 0.05) is 6.54 Å². The molecule has 1 heterocycles. The average Bonchev–Trinajstić information content (AvgIpc) is 2.73. The maximum atomic E-state index is 12.0. The summed E-state index contributed by atoms with van der Waals surface area (Å²) in [5.74, 6) is 0. The van der Waals surface area contributed by atoms with Gasteiger partial charge in [0.1, 0.15) is 0 Å². The molecule has 1 aromatic carbocycles. The minimum Gasteiger partial charge on any atom is -0.244 e. The third-order valence-electron chi connectivity index (χ3n) is 2.61. The van der Waals surface area contributed by atoms with Gasteiger partial charge in [-0.25, -0.2) is 4.79 Å². The zero-order chi connectivity index (χ0) is 12.1. The molecular formula is C12H16N4O. The van der Waals surface area contributed by atoms with E-state index in [1.54, 1.807) is 0 Å². The molecule has 0 aliphatic carbocycles. The van der Waals surface area contributed by atoms with Crippen LogP contribution in [0, 0.1) is 0 Å². The molecule has 2 rings (SSSR count). The number of rotatable bonds is 5. The summed E-state index contributed by atoms with van der Waals surface area (Å²) in [6.45, 7) is 2.77. The van der Waals surface area contributed by atoms with Crippen molar-refractivity contribution < 1.29 is 0 Å². The number of hydrogen-bond acceptors (Lipinski definition) is 3. The highest BCUT2D eigenvalue weighted by atomic mass is 16.2. The van der Waals surface area contributed by atoms with Crippen LogP contribution in [-0.4, -0.2) is 19.8 Å². The number of aryl methyl sites for hydroxylation is 1. The minimum absolute atomic E-state index is 0.174. The zero-order valence-electron chi connectivity index (χ0n) is 9.91. The Morgan fingerprint density at radius 3 is 2.59 bits per heavy atom. The third-order valence-corrected chi connectivity index (χ3v) is 2.61. The van der Waals surface area contributed by atoms with Gasteiger partial charge in [0.25, 0.3) is 0 Å². The first kappa shape index (κ1) is 11.6. The maximum Gasteiger partial charge on any atom is 0.368 e. The normalized spacial score (nSPS) is 10.6. The Bertz CT molecular complexity index is 515. The number of para-hydroxylation sites is 1. The monoisotopic (exact) mass is 232 g/mol. The summed E-state index contributed by atoms with van der Waals surface area (Å²) in [4.78, 5) is 12.0. The van der Waals surface area contributed by atoms with Crippen molar-refractivity contribution in [3.8, 4) is 5.69 Å². The summed E-state index contributed by atoms with van der Waals surface area (Å²) < 4.78 is 2.74. The second kappa shape index (κ2) is 5.43. The lowest BCUT2D eigenvalue weighted by Gasteiger charge is -1.97. The van der Waals surface area contributed by atoms with E-state index in [0.717, 1.165) is 24.9 Å². The second-order valence-electron chi connectivity index (χ2n) is 3.94. The van der Waals surface area contributed by atoms with E-state index in [1.807, 2.05) is 30.3 Å². The number of benzene rings is 1. The summed E-state index contributed by atoms with van der Waals surface area (Å²) in [6.07, 6.45) is 3.19. The molecule has 0 aliphatic rings. The van der Waals surface area contributed by atoms with Gasteiger partial charge < -0.3 is 0 Å². The lowest BCUT2D eigenvalue weighted by atomic mass is 10.2. The summed E-state index contributed by atoms with van der Waals surface area (Å²) in [7, 11) is 0. The summed E-state index contributed by atoms with van der Waals surface area (Å²) in [5.41, 5.74) is 0.576. The number of hydrogen-bond donors (Lipinski definition) is 0. The Labute approximate surface area is 99.7 Å². The molecule has 0 saturated carbocycles. The van der Waals surface area contributed by atoms with E-state index in [2.05, 4.69) is 17.4 Å². The zero-order valence-corrected chi connectivity index (χ0v) is 9.91. The molecule has 0 amide bonds. The van der Waals surface area contributed by atoms with Crippen molar-refractivity contribution in [1.29, 1.82) is 0 Å². The van der Waals surface area contributed by atoms with E-state index in [1.165, 1.54) is 9.36 Å². The first-order chi connectivity index (χ1) is 8.33. The molecule has 0 bridgehead atoms. The fraction of sp³-hybridized carbons (Fsp3) is 0.417. The van der Waals surface area contributed by atoms with Gasteiger partial charge in [-0.3, -0.25) is 0 Å². The molecule has 90 valence electrons. The number of nitrogens with zero attached hydrogens (tertiary/aromatic N) is 4. The molecule has 0 radical (unpaired) electrons. The van der Waals surface area contributed by atoms with Crippen molar-refractivity contribution >= 4 is 0 Å². The summed E-state index contributed by atoms with van der Waals surface area (Å²) in [5, 5.41) is 7.76. The Kier molecular flexibility index (Phi) is 3.69. The van der Waals surface area contributed by atoms with E-state index in [4.69, 9.17) is 0 Å². The highest BCUT2D eigenvalue weighted by Crippen LogP contribution is 2.01. The van der Waals surface area contributed by atoms with Gasteiger partial charge in [0.05, 0.1) is 5.69 Å². The van der Waals surface area contributed by atoms with Crippen LogP contribution in [-0.2, 0) is 6.54 Å². The minimum atomic E-state index is -0.174. The average molecular weight is 232 g/mol. The van der Waals surface area contributed by atoms with Crippen LogP contribution in [0.2, 0.25) is 0 Å². The second-order valence-corrected chi connectivity index (χ2v) is 3.94. The van der Waals surface area contributed by atoms with Gasteiger partial charge in [-0.05, 0) is 29.0 Å². The van der Waals surface area contributed by atoms with Crippen LogP contribution in [0.15, 0.2) is 35.1 Å². The predicted molar refractivity (Wildman–Crippen MR) is 65.1 cm³/mol. The standard InChI is InChI=1S/C12H16N4O/c1-2-3-7-10-15-12(17)16(14-13-15)11-8-5-4-6-9-11/h4-6,8-9H,2-3,7,10H2,1H3. The fourth-order valence-electron chi connectivity index (χ4n) is 1.66. The van der Waals surface area contributed by atoms with Crippen LogP contribution in [0.3, 0.4) is 0 Å². The van der Waals surface area contributed by atoms with E-state index in [-0.39, 0.29) is 5.69 Å². The highest BCUT2D eigenvalue weighted by Gasteiger charge is 2.07. The SMILES string of the molecule is CCCCCn1nnn(-c2ccccc2)c1=O. The van der Waals surface area contributed by atoms with Crippen molar-refractivity contribution in [2.24, 2.45) is 0 Å². The smallest absolute Gasteiger partial charge is 0.244 e. The van der Waals surface area contributed by atoms with Crippen LogP contribution >= 0.6 is 0 Å². The fourth-order valence-corrected chi connectivity index (χ4v) is 1.66. The maximum absolute atomic E-state index is 12.0. The van der Waals surface area contributed by atoms with Crippen LogP contribution in [0.25, 0.3) is 5.69 Å². The van der Waals surface area contributed by atoms with Gasteiger partial charge in [-0.15, -0.1) is 0 Å². The van der Waals surface area contributed by atoms with E-state index >= 15 is 0 Å². The van der Waals surface area contributed by atoms with Gasteiger partial charge in [0.15, 0.2) is 0 Å². The van der Waals surface area contributed by atoms with E-state index in [0.29, 0.717) is 6.54 Å². The molecule has 0 spiro atoms. The predicted octanol–water partition coefficient (Wildman–Crippen LogP) is 1.62. The third kappa shape index (κ3) is 2.61. The first-order valence-corrected chi connectivity index (χ1v) is 5.91. The van der Waals surface area contributed by atoms with Gasteiger partial charge in [-0.1, -0.05) is 38.0 Å². The topological polar surface area (TPSA) is 52.7 Å². The molecule has 1 aromatic heterocycles. The Balaban J connectivity index is 2.19. The molecular weight excluding hydrogens is 216 g/mol. The Hall–Kier alpha value is -1.91. The molecule has 2 aromatic rings. The molecule has 5 heteroatoms. The van der Waals surface area contributed by atoms with Crippen LogP contribution < -0.4 is 5.69 Å². The molecule has 5 nitrogen and oxygen atoms in total. The van der Waals surface area contributed by atoms with Crippen LogP contribution in [0.1, 0.15) is 26.2 Å². The summed E-state index contributed by atoms with van der Waals surface area (Å²) in [6, 6.07) is 9.33. The van der Waals surface area contributed by atoms with Crippen molar-refractivity contribution in [1.82, 2.24) is 19.8 Å². The molecule has 0 N–H and O–H groups in total. The molecule has 17 heavy (non-hydrogen) atoms. The van der Waals surface area contributed by atoms with Gasteiger partial charge in [0.2, 0.25) is 0 Å². The van der Waals surface area contributed by atoms with Crippen molar-refractivity contribution in [3.63, 3.8) is 0 Å². The molecule has 0 atom stereocenters. The van der Waals surface area contributed by atoms with Crippen molar-refractivity contribution in [2.45, 2.75) is 32.7 Å². The van der Waals surface area contributed by atoms with Crippen LogP contribution in [0.5, 0.6) is 0 Å². The Morgan fingerprint density at radius 2 is 1.88 bits per heavy atom. The van der Waals surface area contributed by atoms with E-state index in [9.17, 15) is 4.79 Å². The molecule has 0 unspecified atom stereocenters. The number of tetrazole rings is 1. The quantitative estimate of drug-likeness (QED) is 0.736. The van der Waals surface area contributed by atoms with E-state index < -0.39 is 0 Å². The lowest BCUT2D eigenvalue weighted by Crippen LogP contribution is -2.24. The Morgan fingerprint density at radius 1 is 1.12 bits per heavy atom. The highest BCUT2D eigenvalue weighted by molar-refractivity contribution is 5.28. The van der Waals surface area contributed by atoms with Gasteiger partial charge >= 0.3 is 5.69 Å². The summed E-state index contributed by atoms with van der Waals surface area (Å²) >= 11 is 0. The van der Waals surface area contributed by atoms with Gasteiger partial charge in [-0.2, -0.15) is 9.36 Å². The van der Waals surface area contributed by atoms with Crippen molar-refractivity contribution in [2.75, 3.05) is 0 Å². The number of unbranched alkanes of at least 4 members (excludes halogenated alkanes) is 2. The molecule has 0 aliphatic heterocycles. The van der Waals surface area contributed by atoms with Crippen LogP contribution in [0.4, 0.5) is 0 Å². The first-order valence-electron chi connectivity index (χ1n) is 5.91. The molecule has 0 fully saturated rings. The molecule has 0 saturated heterocycles. The lowest BCUT2D eigenvalue weighted by molar-refractivity contribution is 0.526. The number of aromatic nitrogens is 4. The van der Waals surface area contributed by atoms with Crippen molar-refractivity contribution in [3.05, 3.63) is 40.8 Å². The largest absolute Gasteiger partial charge is 0.368 e.